The molecular formula is C11H10N4S. The van der Waals surface area contributed by atoms with E-state index in [0.29, 0.717) is 0 Å². The third-order valence-corrected chi connectivity index (χ3v) is 3.99. The van der Waals surface area contributed by atoms with Gasteiger partial charge in [0.25, 0.3) is 0 Å². The largest absolute Gasteiger partial charge is 0.329 e. The van der Waals surface area contributed by atoms with Crippen LogP contribution >= 0.6 is 11.8 Å². The molecule has 5 heteroatoms. The first-order valence-electron chi connectivity index (χ1n) is 5.05. The van der Waals surface area contributed by atoms with Crippen molar-refractivity contribution < 1.29 is 0 Å². The van der Waals surface area contributed by atoms with Gasteiger partial charge in [0.2, 0.25) is 0 Å². The van der Waals surface area contributed by atoms with E-state index in [0.717, 1.165) is 23.6 Å². The molecule has 0 amide bonds. The van der Waals surface area contributed by atoms with Gasteiger partial charge in [0, 0.05) is 30.4 Å². The van der Waals surface area contributed by atoms with E-state index < -0.39 is 0 Å². The molecule has 80 valence electrons. The number of rotatable bonds is 1. The number of hydrogen-bond acceptors (Lipinski definition) is 4. The molecule has 0 saturated carbocycles. The lowest BCUT2D eigenvalue weighted by Crippen LogP contribution is -2.29. The van der Waals surface area contributed by atoms with Crippen molar-refractivity contribution in [2.45, 2.75) is 11.3 Å². The van der Waals surface area contributed by atoms with Crippen molar-refractivity contribution in [2.75, 3.05) is 6.54 Å². The van der Waals surface area contributed by atoms with Gasteiger partial charge < -0.3 is 9.47 Å². The Morgan fingerprint density at radius 3 is 3.25 bits per heavy atom. The second-order valence-electron chi connectivity index (χ2n) is 3.68. The third kappa shape index (κ3) is 1.34. The van der Waals surface area contributed by atoms with E-state index in [-0.39, 0.29) is 5.50 Å². The molecule has 0 aromatic carbocycles. The van der Waals surface area contributed by atoms with E-state index in [2.05, 4.69) is 20.5 Å². The summed E-state index contributed by atoms with van der Waals surface area (Å²) in [5.41, 5.74) is 2.16. The molecule has 4 nitrogen and oxygen atoms in total. The van der Waals surface area contributed by atoms with Crippen LogP contribution in [0.1, 0.15) is 16.8 Å². The average molecular weight is 230 g/mol. The zero-order chi connectivity index (χ0) is 11.0. The molecule has 1 aromatic heterocycles. The Morgan fingerprint density at radius 2 is 2.50 bits per heavy atom. The van der Waals surface area contributed by atoms with Gasteiger partial charge in [-0.3, -0.25) is 0 Å². The Hall–Kier alpha value is -1.67. The highest BCUT2D eigenvalue weighted by atomic mass is 32.2. The van der Waals surface area contributed by atoms with Gasteiger partial charge in [-0.1, -0.05) is 0 Å². The molecule has 16 heavy (non-hydrogen) atoms. The van der Waals surface area contributed by atoms with Gasteiger partial charge >= 0.3 is 0 Å². The van der Waals surface area contributed by atoms with Crippen LogP contribution in [0.15, 0.2) is 29.5 Å². The van der Waals surface area contributed by atoms with Gasteiger partial charge in [0.15, 0.2) is 5.50 Å². The topological polar surface area (TPSA) is 44.3 Å². The van der Waals surface area contributed by atoms with Crippen LogP contribution < -0.4 is 0 Å². The van der Waals surface area contributed by atoms with Crippen LogP contribution in [0.5, 0.6) is 0 Å². The summed E-state index contributed by atoms with van der Waals surface area (Å²) in [4.78, 5) is 6.30. The van der Waals surface area contributed by atoms with Crippen LogP contribution in [-0.4, -0.2) is 22.4 Å². The maximum atomic E-state index is 8.96. The van der Waals surface area contributed by atoms with E-state index >= 15 is 0 Å². The molecule has 1 unspecified atom stereocenters. The lowest BCUT2D eigenvalue weighted by molar-refractivity contribution is 0.370. The van der Waals surface area contributed by atoms with Crippen molar-refractivity contribution >= 4 is 18.1 Å². The van der Waals surface area contributed by atoms with Crippen LogP contribution in [0.3, 0.4) is 0 Å². The van der Waals surface area contributed by atoms with Crippen LogP contribution in [0.2, 0.25) is 0 Å². The smallest absolute Gasteiger partial charge is 0.155 e. The Bertz CT molecular complexity index is 509. The molecule has 1 atom stereocenters. The summed E-state index contributed by atoms with van der Waals surface area (Å²) in [6.45, 7) is 0.876. The zero-order valence-electron chi connectivity index (χ0n) is 8.58. The standard InChI is InChI=1S/C11H10N4S/c12-6-9-2-5-15-10(9)7-16-11(15)14-4-1-3-13-8-14/h1-3,5,8,11H,4,7H2. The molecule has 0 radical (unpaired) electrons. The van der Waals surface area contributed by atoms with Crippen LogP contribution in [0.25, 0.3) is 0 Å². The highest BCUT2D eigenvalue weighted by Crippen LogP contribution is 2.39. The minimum atomic E-state index is 0.241. The lowest BCUT2D eigenvalue weighted by atomic mass is 10.3. The van der Waals surface area contributed by atoms with Gasteiger partial charge in [-0.05, 0) is 12.1 Å². The van der Waals surface area contributed by atoms with Crippen LogP contribution in [0.4, 0.5) is 0 Å². The Kier molecular flexibility index (Phi) is 2.22. The van der Waals surface area contributed by atoms with Gasteiger partial charge in [0.05, 0.1) is 11.9 Å². The molecule has 1 aromatic rings. The SMILES string of the molecule is N#Cc1ccn2c1CSC2N1C=NC=CC1. The Labute approximate surface area is 97.9 Å². The molecule has 0 spiro atoms. The fraction of sp³-hybridized carbons (Fsp3) is 0.273. The molecule has 0 fully saturated rings. The fourth-order valence-electron chi connectivity index (χ4n) is 1.98. The molecule has 3 rings (SSSR count). The number of fused-ring (bicyclic) bond motifs is 1. The van der Waals surface area contributed by atoms with Crippen LogP contribution in [0, 0.1) is 11.3 Å². The quantitative estimate of drug-likeness (QED) is 0.740. The van der Waals surface area contributed by atoms with Gasteiger partial charge in [-0.15, -0.1) is 11.8 Å². The summed E-state index contributed by atoms with van der Waals surface area (Å²) < 4.78 is 2.16. The summed E-state index contributed by atoms with van der Waals surface area (Å²) >= 11 is 1.83. The van der Waals surface area contributed by atoms with Gasteiger partial charge in [-0.2, -0.15) is 5.26 Å². The van der Waals surface area contributed by atoms with Crippen molar-refractivity contribution in [3.63, 3.8) is 0 Å². The molecule has 0 saturated heterocycles. The summed E-state index contributed by atoms with van der Waals surface area (Å²) in [7, 11) is 0. The van der Waals surface area contributed by atoms with Gasteiger partial charge in [-0.25, -0.2) is 4.99 Å². The van der Waals surface area contributed by atoms with Crippen molar-refractivity contribution in [3.05, 3.63) is 35.8 Å². The monoisotopic (exact) mass is 230 g/mol. The number of nitriles is 1. The predicted molar refractivity (Wildman–Crippen MR) is 63.8 cm³/mol. The predicted octanol–water partition coefficient (Wildman–Crippen LogP) is 1.92. The summed E-state index contributed by atoms with van der Waals surface area (Å²) in [6.07, 6.45) is 7.70. The normalized spacial score (nSPS) is 22.2. The van der Waals surface area contributed by atoms with Gasteiger partial charge in [0.1, 0.15) is 6.07 Å². The summed E-state index contributed by atoms with van der Waals surface area (Å²) in [6, 6.07) is 4.12. The molecule has 0 bridgehead atoms. The second-order valence-corrected chi connectivity index (χ2v) is 4.72. The minimum absolute atomic E-state index is 0.241. The fourth-order valence-corrected chi connectivity index (χ4v) is 3.28. The van der Waals surface area contributed by atoms with E-state index in [1.54, 1.807) is 0 Å². The minimum Gasteiger partial charge on any atom is -0.329 e. The molecular weight excluding hydrogens is 220 g/mol. The molecule has 2 aliphatic heterocycles. The number of nitrogens with zero attached hydrogens (tertiary/aromatic N) is 4. The van der Waals surface area contributed by atoms with Crippen molar-refractivity contribution in [1.82, 2.24) is 9.47 Å². The zero-order valence-corrected chi connectivity index (χ0v) is 9.39. The first-order chi connectivity index (χ1) is 7.90. The van der Waals surface area contributed by atoms with E-state index in [4.69, 9.17) is 5.26 Å². The van der Waals surface area contributed by atoms with E-state index in [1.165, 1.54) is 0 Å². The van der Waals surface area contributed by atoms with Crippen molar-refractivity contribution in [3.8, 4) is 6.07 Å². The highest BCUT2D eigenvalue weighted by molar-refractivity contribution is 7.98. The molecule has 2 aliphatic rings. The number of hydrogen-bond donors (Lipinski definition) is 0. The first kappa shape index (κ1) is 9.55. The molecule has 0 N–H and O–H groups in total. The lowest BCUT2D eigenvalue weighted by Gasteiger charge is -2.27. The molecule has 3 heterocycles. The third-order valence-electron chi connectivity index (χ3n) is 2.76. The Morgan fingerprint density at radius 1 is 1.56 bits per heavy atom. The summed E-state index contributed by atoms with van der Waals surface area (Å²) in [5.74, 6) is 0.897. The number of thioether (sulfide) groups is 1. The van der Waals surface area contributed by atoms with E-state index in [1.807, 2.05) is 42.6 Å². The van der Waals surface area contributed by atoms with Crippen molar-refractivity contribution in [1.29, 1.82) is 5.26 Å². The Balaban J connectivity index is 1.92. The number of aliphatic imine (C=N–C) groups is 1. The maximum Gasteiger partial charge on any atom is 0.155 e. The van der Waals surface area contributed by atoms with Crippen LogP contribution in [-0.2, 0) is 5.75 Å². The van der Waals surface area contributed by atoms with Crippen molar-refractivity contribution in [2.24, 2.45) is 4.99 Å². The first-order valence-corrected chi connectivity index (χ1v) is 6.10. The summed E-state index contributed by atoms with van der Waals surface area (Å²) in [5, 5.41) is 8.96. The number of aromatic nitrogens is 1. The maximum absolute atomic E-state index is 8.96. The average Bonchev–Trinajstić information content (AvgIpc) is 2.90. The molecule has 0 aliphatic carbocycles. The second kappa shape index (κ2) is 3.72. The van der Waals surface area contributed by atoms with E-state index in [9.17, 15) is 0 Å². The highest BCUT2D eigenvalue weighted by Gasteiger charge is 2.28.